The molecule has 2 aromatic rings. The number of alkyl halides is 3. The number of hydrogen-bond acceptors (Lipinski definition) is 5. The fourth-order valence-corrected chi connectivity index (χ4v) is 3.87. The molecule has 1 aromatic heterocycles. The molecule has 1 aromatic carbocycles. The van der Waals surface area contributed by atoms with Gasteiger partial charge in [-0.3, -0.25) is 14.8 Å². The lowest BCUT2D eigenvalue weighted by molar-refractivity contribution is -0.152. The van der Waals surface area contributed by atoms with Crippen LogP contribution in [0.4, 0.5) is 13.2 Å². The van der Waals surface area contributed by atoms with Gasteiger partial charge in [-0.25, -0.2) is 4.79 Å². The molecule has 1 saturated heterocycles. The van der Waals surface area contributed by atoms with E-state index in [1.54, 1.807) is 0 Å². The maximum absolute atomic E-state index is 12.7. The van der Waals surface area contributed by atoms with Crippen molar-refractivity contribution in [2.75, 3.05) is 26.2 Å². The van der Waals surface area contributed by atoms with Gasteiger partial charge >= 0.3 is 12.1 Å². The molecule has 0 unspecified atom stereocenters. The molecular weight excluding hydrogens is 435 g/mol. The van der Waals surface area contributed by atoms with Crippen LogP contribution in [-0.4, -0.2) is 57.6 Å². The minimum atomic E-state index is -4.37. The van der Waals surface area contributed by atoms with E-state index in [1.807, 2.05) is 26.0 Å². The van der Waals surface area contributed by atoms with Crippen LogP contribution in [-0.2, 0) is 24.1 Å². The summed E-state index contributed by atoms with van der Waals surface area (Å²) in [5.41, 5.74) is 1.50. The third-order valence-corrected chi connectivity index (χ3v) is 5.80. The summed E-state index contributed by atoms with van der Waals surface area (Å²) >= 11 is 0. The van der Waals surface area contributed by atoms with Crippen LogP contribution in [0.5, 0.6) is 5.75 Å². The highest BCUT2D eigenvalue weighted by Gasteiger charge is 2.31. The lowest BCUT2D eigenvalue weighted by Crippen LogP contribution is -2.45. The molecule has 0 radical (unpaired) electrons. The predicted octanol–water partition coefficient (Wildman–Crippen LogP) is 4.28. The monoisotopic (exact) mass is 465 g/mol. The Hall–Kier alpha value is -2.65. The van der Waals surface area contributed by atoms with Gasteiger partial charge in [0.1, 0.15) is 5.75 Å². The molecule has 0 saturated carbocycles. The summed E-state index contributed by atoms with van der Waals surface area (Å²) in [4.78, 5) is 19.9. The van der Waals surface area contributed by atoms with Crippen molar-refractivity contribution in [3.8, 4) is 5.75 Å². The van der Waals surface area contributed by atoms with Crippen molar-refractivity contribution in [3.63, 3.8) is 0 Å². The number of nitrogens with zero attached hydrogens (tertiary/aromatic N) is 3. The Morgan fingerprint density at radius 1 is 1.03 bits per heavy atom. The van der Waals surface area contributed by atoms with E-state index in [0.29, 0.717) is 18.0 Å². The highest BCUT2D eigenvalue weighted by atomic mass is 19.4. The average molecular weight is 466 g/mol. The summed E-state index contributed by atoms with van der Waals surface area (Å²) in [6, 6.07) is 6.57. The number of carbonyl (C=O) groups is 1. The number of pyridine rings is 1. The average Bonchev–Trinajstić information content (AvgIpc) is 2.72. The first-order valence-corrected chi connectivity index (χ1v) is 10.8. The normalized spacial score (nSPS) is 16.1. The van der Waals surface area contributed by atoms with E-state index in [2.05, 4.69) is 14.8 Å². The van der Waals surface area contributed by atoms with Crippen LogP contribution in [0.25, 0.3) is 0 Å². The van der Waals surface area contributed by atoms with Gasteiger partial charge in [-0.05, 0) is 56.5 Å². The van der Waals surface area contributed by atoms with Gasteiger partial charge in [0, 0.05) is 45.5 Å². The second kappa shape index (κ2) is 9.69. The van der Waals surface area contributed by atoms with E-state index in [9.17, 15) is 23.1 Å². The highest BCUT2D eigenvalue weighted by molar-refractivity contribution is 5.77. The molecule has 0 bridgehead atoms. The van der Waals surface area contributed by atoms with E-state index in [-0.39, 0.29) is 0 Å². The number of halogens is 3. The zero-order chi connectivity index (χ0) is 24.4. The summed E-state index contributed by atoms with van der Waals surface area (Å²) in [6.07, 6.45) is -3.48. The number of aliphatic carboxylic acids is 1. The number of benzene rings is 1. The number of rotatable bonds is 7. The molecule has 1 aliphatic heterocycles. The Morgan fingerprint density at radius 3 is 2.03 bits per heavy atom. The lowest BCUT2D eigenvalue weighted by Gasteiger charge is -2.34. The fourth-order valence-electron chi connectivity index (χ4n) is 3.87. The first-order valence-electron chi connectivity index (χ1n) is 10.8. The van der Waals surface area contributed by atoms with Crippen LogP contribution >= 0.6 is 0 Å². The van der Waals surface area contributed by atoms with Gasteiger partial charge in [-0.15, -0.1) is 0 Å². The standard InChI is InChI=1S/C24H30F3N3O3/c1-16-11-18(12-17(2)21(16)33-23(3,4)22(31)32)14-29-7-9-30(10-8-29)15-20-6-5-19(13-28-20)24(25,26)27/h5-6,11-13H,7-10,14-15H2,1-4H3,(H,31,32). The quantitative estimate of drug-likeness (QED) is 0.659. The van der Waals surface area contributed by atoms with Crippen molar-refractivity contribution in [2.45, 2.75) is 52.6 Å². The van der Waals surface area contributed by atoms with E-state index in [4.69, 9.17) is 4.74 Å². The van der Waals surface area contributed by atoms with Crippen molar-refractivity contribution in [1.29, 1.82) is 0 Å². The Labute approximate surface area is 192 Å². The minimum absolute atomic E-state index is 0.523. The van der Waals surface area contributed by atoms with Crippen molar-refractivity contribution in [2.24, 2.45) is 0 Å². The Morgan fingerprint density at radius 2 is 1.58 bits per heavy atom. The number of piperazine rings is 1. The zero-order valence-corrected chi connectivity index (χ0v) is 19.4. The van der Waals surface area contributed by atoms with E-state index in [0.717, 1.165) is 61.7 Å². The Balaban J connectivity index is 1.55. The largest absolute Gasteiger partial charge is 0.478 e. The zero-order valence-electron chi connectivity index (χ0n) is 19.4. The van der Waals surface area contributed by atoms with Gasteiger partial charge in [-0.1, -0.05) is 12.1 Å². The summed E-state index contributed by atoms with van der Waals surface area (Å²) in [5.74, 6) is -0.422. The number of aryl methyl sites for hydroxylation is 2. The van der Waals surface area contributed by atoms with Gasteiger partial charge in [0.25, 0.3) is 0 Å². The topological polar surface area (TPSA) is 65.9 Å². The van der Waals surface area contributed by atoms with E-state index >= 15 is 0 Å². The summed E-state index contributed by atoms with van der Waals surface area (Å²) in [7, 11) is 0. The fraction of sp³-hybridized carbons (Fsp3) is 0.500. The molecular formula is C24H30F3N3O3. The Bertz CT molecular complexity index is 960. The van der Waals surface area contributed by atoms with Crippen LogP contribution in [0.3, 0.4) is 0 Å². The SMILES string of the molecule is Cc1cc(CN2CCN(Cc3ccc(C(F)(F)F)cn3)CC2)cc(C)c1OC(C)(C)C(=O)O. The number of carboxylic acids is 1. The number of hydrogen-bond donors (Lipinski definition) is 1. The molecule has 3 rings (SSSR count). The predicted molar refractivity (Wildman–Crippen MR) is 118 cm³/mol. The number of carboxylic acid groups (broad SMARTS) is 1. The molecule has 180 valence electrons. The summed E-state index contributed by atoms with van der Waals surface area (Å²) < 4.78 is 43.8. The van der Waals surface area contributed by atoms with Crippen molar-refractivity contribution >= 4 is 5.97 Å². The van der Waals surface area contributed by atoms with Gasteiger partial charge in [0.05, 0.1) is 11.3 Å². The Kier molecular flexibility index (Phi) is 7.33. The molecule has 1 fully saturated rings. The second-order valence-electron chi connectivity index (χ2n) is 9.06. The molecule has 1 aliphatic rings. The van der Waals surface area contributed by atoms with Crippen LogP contribution in [0, 0.1) is 13.8 Å². The maximum atomic E-state index is 12.7. The van der Waals surface area contributed by atoms with E-state index in [1.165, 1.54) is 19.9 Å². The molecule has 0 aliphatic carbocycles. The smallest absolute Gasteiger partial charge is 0.417 e. The lowest BCUT2D eigenvalue weighted by atomic mass is 10.0. The van der Waals surface area contributed by atoms with Crippen LogP contribution < -0.4 is 4.74 Å². The molecule has 2 heterocycles. The van der Waals surface area contributed by atoms with Crippen LogP contribution in [0.1, 0.15) is 41.8 Å². The van der Waals surface area contributed by atoms with Gasteiger partial charge in [0.15, 0.2) is 5.60 Å². The van der Waals surface area contributed by atoms with Crippen molar-refractivity contribution < 1.29 is 27.8 Å². The maximum Gasteiger partial charge on any atom is 0.417 e. The van der Waals surface area contributed by atoms with Gasteiger partial charge in [-0.2, -0.15) is 13.2 Å². The minimum Gasteiger partial charge on any atom is -0.478 e. The molecule has 9 heteroatoms. The van der Waals surface area contributed by atoms with Crippen molar-refractivity contribution in [1.82, 2.24) is 14.8 Å². The first-order chi connectivity index (χ1) is 15.3. The van der Waals surface area contributed by atoms with Crippen molar-refractivity contribution in [3.05, 3.63) is 58.4 Å². The molecule has 6 nitrogen and oxygen atoms in total. The van der Waals surface area contributed by atoms with Crippen LogP contribution in [0.2, 0.25) is 0 Å². The summed E-state index contributed by atoms with van der Waals surface area (Å²) in [6.45, 7) is 11.4. The number of aromatic nitrogens is 1. The molecule has 0 amide bonds. The highest BCUT2D eigenvalue weighted by Crippen LogP contribution is 2.30. The summed E-state index contributed by atoms with van der Waals surface area (Å²) in [5, 5.41) is 9.33. The number of ether oxygens (including phenoxy) is 1. The van der Waals surface area contributed by atoms with Crippen LogP contribution in [0.15, 0.2) is 30.5 Å². The third-order valence-electron chi connectivity index (χ3n) is 5.80. The molecule has 0 spiro atoms. The van der Waals surface area contributed by atoms with Gasteiger partial charge in [0.2, 0.25) is 0 Å². The third kappa shape index (κ3) is 6.45. The molecule has 1 N–H and O–H groups in total. The molecule has 0 atom stereocenters. The first kappa shape index (κ1) is 25.0. The van der Waals surface area contributed by atoms with Gasteiger partial charge < -0.3 is 9.84 Å². The van der Waals surface area contributed by atoms with E-state index < -0.39 is 23.3 Å². The second-order valence-corrected chi connectivity index (χ2v) is 9.06. The molecule has 33 heavy (non-hydrogen) atoms.